The van der Waals surface area contributed by atoms with Gasteiger partial charge < -0.3 is 14.8 Å². The summed E-state index contributed by atoms with van der Waals surface area (Å²) in [5.41, 5.74) is 2.79. The van der Waals surface area contributed by atoms with Gasteiger partial charge in [-0.15, -0.1) is 0 Å². The number of hydrogen-bond acceptors (Lipinski definition) is 4. The first-order valence-electron chi connectivity index (χ1n) is 7.98. The van der Waals surface area contributed by atoms with Crippen LogP contribution < -0.4 is 14.8 Å². The van der Waals surface area contributed by atoms with Crippen LogP contribution in [-0.2, 0) is 4.79 Å². The Labute approximate surface area is 131 Å². The number of ether oxygens (including phenoxy) is 2. The molecular formula is C18H23NO3. The first-order chi connectivity index (χ1) is 10.7. The molecule has 0 aliphatic heterocycles. The average Bonchev–Trinajstić information content (AvgIpc) is 2.78. The molecular weight excluding hydrogens is 278 g/mol. The van der Waals surface area contributed by atoms with Gasteiger partial charge in [-0.05, 0) is 44.2 Å². The van der Waals surface area contributed by atoms with Crippen LogP contribution in [-0.4, -0.2) is 19.5 Å². The molecule has 1 aromatic rings. The summed E-state index contributed by atoms with van der Waals surface area (Å²) >= 11 is 0. The van der Waals surface area contributed by atoms with Crippen LogP contribution in [0, 0.1) is 5.92 Å². The fraction of sp³-hybridized carbons (Fsp3) is 0.500. The fourth-order valence-corrected chi connectivity index (χ4v) is 2.85. The van der Waals surface area contributed by atoms with Crippen molar-refractivity contribution in [1.82, 2.24) is 0 Å². The second-order valence-electron chi connectivity index (χ2n) is 6.13. The quantitative estimate of drug-likeness (QED) is 0.865. The highest BCUT2D eigenvalue weighted by Crippen LogP contribution is 2.34. The lowest BCUT2D eigenvalue weighted by atomic mass is 9.86. The third-order valence-corrected chi connectivity index (χ3v) is 4.63. The third-order valence-electron chi connectivity index (χ3n) is 4.63. The van der Waals surface area contributed by atoms with E-state index in [-0.39, 0.29) is 5.78 Å². The lowest BCUT2D eigenvalue weighted by Gasteiger charge is -2.25. The van der Waals surface area contributed by atoms with Crippen LogP contribution in [0.2, 0.25) is 0 Å². The molecule has 1 N–H and O–H groups in total. The predicted molar refractivity (Wildman–Crippen MR) is 86.4 cm³/mol. The standard InChI is InChI=1S/C18H23NO3/c1-12-15(7-8-16(12)20)19-14-6-9-17(21-2)18(10-14)22-11-13-4-3-5-13/h6,9-10,13,19H,3-5,7-8,11H2,1-2H3. The van der Waals surface area contributed by atoms with Crippen molar-refractivity contribution >= 4 is 11.5 Å². The van der Waals surface area contributed by atoms with Gasteiger partial charge in [-0.2, -0.15) is 0 Å². The fourth-order valence-electron chi connectivity index (χ4n) is 2.85. The molecule has 2 aliphatic carbocycles. The molecule has 1 fully saturated rings. The summed E-state index contributed by atoms with van der Waals surface area (Å²) in [5, 5.41) is 3.35. The number of benzene rings is 1. The van der Waals surface area contributed by atoms with Crippen LogP contribution >= 0.6 is 0 Å². The number of allylic oxidation sites excluding steroid dienone is 2. The highest BCUT2D eigenvalue weighted by Gasteiger charge is 2.21. The van der Waals surface area contributed by atoms with E-state index in [1.54, 1.807) is 7.11 Å². The zero-order chi connectivity index (χ0) is 15.5. The Balaban J connectivity index is 1.73. The van der Waals surface area contributed by atoms with E-state index < -0.39 is 0 Å². The van der Waals surface area contributed by atoms with Gasteiger partial charge in [0.1, 0.15) is 0 Å². The van der Waals surface area contributed by atoms with Crippen molar-refractivity contribution in [3.8, 4) is 11.5 Å². The summed E-state index contributed by atoms with van der Waals surface area (Å²) in [4.78, 5) is 11.6. The maximum atomic E-state index is 11.6. The zero-order valence-corrected chi connectivity index (χ0v) is 13.3. The Kier molecular flexibility index (Phi) is 4.36. The normalized spacial score (nSPS) is 18.4. The number of carbonyl (C=O) groups is 1. The van der Waals surface area contributed by atoms with Crippen molar-refractivity contribution in [3.63, 3.8) is 0 Å². The van der Waals surface area contributed by atoms with Crippen molar-refractivity contribution in [2.45, 2.75) is 39.0 Å². The molecule has 4 nitrogen and oxygen atoms in total. The van der Waals surface area contributed by atoms with Crippen LogP contribution in [0.25, 0.3) is 0 Å². The molecule has 0 amide bonds. The Morgan fingerprint density at radius 2 is 2.05 bits per heavy atom. The highest BCUT2D eigenvalue weighted by molar-refractivity contribution is 5.98. The van der Waals surface area contributed by atoms with Gasteiger partial charge >= 0.3 is 0 Å². The van der Waals surface area contributed by atoms with E-state index in [4.69, 9.17) is 9.47 Å². The second-order valence-corrected chi connectivity index (χ2v) is 6.13. The number of Topliss-reactive ketones (excluding diaryl/α,β-unsaturated/α-hetero) is 1. The average molecular weight is 301 g/mol. The summed E-state index contributed by atoms with van der Waals surface area (Å²) in [6.07, 6.45) is 5.22. The molecule has 1 saturated carbocycles. The molecule has 0 unspecified atom stereocenters. The monoisotopic (exact) mass is 301 g/mol. The maximum Gasteiger partial charge on any atom is 0.163 e. The lowest BCUT2D eigenvalue weighted by Crippen LogP contribution is -2.19. The van der Waals surface area contributed by atoms with Crippen LogP contribution in [0.1, 0.15) is 39.0 Å². The summed E-state index contributed by atoms with van der Waals surface area (Å²) in [6, 6.07) is 5.82. The van der Waals surface area contributed by atoms with Gasteiger partial charge in [0.05, 0.1) is 13.7 Å². The van der Waals surface area contributed by atoms with E-state index in [2.05, 4.69) is 5.32 Å². The minimum atomic E-state index is 0.234. The van der Waals surface area contributed by atoms with Crippen molar-refractivity contribution in [3.05, 3.63) is 29.5 Å². The van der Waals surface area contributed by atoms with E-state index in [1.165, 1.54) is 19.3 Å². The van der Waals surface area contributed by atoms with Gasteiger partial charge in [0.25, 0.3) is 0 Å². The summed E-state index contributed by atoms with van der Waals surface area (Å²) < 4.78 is 11.3. The smallest absolute Gasteiger partial charge is 0.163 e. The van der Waals surface area contributed by atoms with Gasteiger partial charge in [-0.25, -0.2) is 0 Å². The highest BCUT2D eigenvalue weighted by atomic mass is 16.5. The largest absolute Gasteiger partial charge is 0.493 e. The van der Waals surface area contributed by atoms with Gasteiger partial charge in [0.15, 0.2) is 17.3 Å². The lowest BCUT2D eigenvalue weighted by molar-refractivity contribution is -0.114. The molecule has 22 heavy (non-hydrogen) atoms. The molecule has 0 saturated heterocycles. The molecule has 1 aromatic carbocycles. The molecule has 4 heteroatoms. The van der Waals surface area contributed by atoms with Crippen molar-refractivity contribution in [1.29, 1.82) is 0 Å². The minimum Gasteiger partial charge on any atom is -0.493 e. The SMILES string of the molecule is COc1ccc(NC2=C(C)C(=O)CC2)cc1OCC1CCC1. The molecule has 0 radical (unpaired) electrons. The van der Waals surface area contributed by atoms with E-state index in [0.29, 0.717) is 12.3 Å². The molecule has 3 rings (SSSR count). The molecule has 0 bridgehead atoms. The second kappa shape index (κ2) is 6.42. The van der Waals surface area contributed by atoms with Gasteiger partial charge in [-0.3, -0.25) is 4.79 Å². The topological polar surface area (TPSA) is 47.6 Å². The first-order valence-corrected chi connectivity index (χ1v) is 7.98. The van der Waals surface area contributed by atoms with E-state index in [1.807, 2.05) is 25.1 Å². The van der Waals surface area contributed by atoms with Crippen molar-refractivity contribution in [2.24, 2.45) is 5.92 Å². The first kappa shape index (κ1) is 14.9. The number of methoxy groups -OCH3 is 1. The molecule has 0 aromatic heterocycles. The molecule has 0 spiro atoms. The number of ketones is 1. The van der Waals surface area contributed by atoms with Crippen molar-refractivity contribution < 1.29 is 14.3 Å². The Hall–Kier alpha value is -1.97. The minimum absolute atomic E-state index is 0.234. The third kappa shape index (κ3) is 3.11. The summed E-state index contributed by atoms with van der Waals surface area (Å²) in [5.74, 6) is 2.43. The van der Waals surface area contributed by atoms with Crippen LogP contribution in [0.3, 0.4) is 0 Å². The van der Waals surface area contributed by atoms with Crippen LogP contribution in [0.4, 0.5) is 5.69 Å². The van der Waals surface area contributed by atoms with Gasteiger partial charge in [0.2, 0.25) is 0 Å². The number of anilines is 1. The van der Waals surface area contributed by atoms with E-state index in [0.717, 1.165) is 41.5 Å². The predicted octanol–water partition coefficient (Wildman–Crippen LogP) is 3.92. The van der Waals surface area contributed by atoms with Gasteiger partial charge in [-0.1, -0.05) is 6.42 Å². The molecule has 0 atom stereocenters. The van der Waals surface area contributed by atoms with Crippen LogP contribution in [0.5, 0.6) is 11.5 Å². The number of rotatable bonds is 6. The van der Waals surface area contributed by atoms with Crippen molar-refractivity contribution in [2.75, 3.05) is 19.0 Å². The molecule has 118 valence electrons. The molecule has 2 aliphatic rings. The maximum absolute atomic E-state index is 11.6. The van der Waals surface area contributed by atoms with E-state index >= 15 is 0 Å². The van der Waals surface area contributed by atoms with Gasteiger partial charge in [0, 0.05) is 29.4 Å². The Bertz CT molecular complexity index is 602. The number of carbonyl (C=O) groups excluding carboxylic acids is 1. The Morgan fingerprint density at radius 1 is 1.23 bits per heavy atom. The van der Waals surface area contributed by atoms with E-state index in [9.17, 15) is 4.79 Å². The number of nitrogens with one attached hydrogen (secondary N) is 1. The summed E-state index contributed by atoms with van der Waals surface area (Å²) in [6.45, 7) is 2.63. The number of hydrogen-bond donors (Lipinski definition) is 1. The van der Waals surface area contributed by atoms with Crippen LogP contribution in [0.15, 0.2) is 29.5 Å². The Morgan fingerprint density at radius 3 is 2.64 bits per heavy atom. The summed E-state index contributed by atoms with van der Waals surface area (Å²) in [7, 11) is 1.65. The molecule has 0 heterocycles. The zero-order valence-electron chi connectivity index (χ0n) is 13.3.